The Morgan fingerprint density at radius 1 is 1.04 bits per heavy atom. The van der Waals surface area contributed by atoms with E-state index in [9.17, 15) is 18.0 Å². The van der Waals surface area contributed by atoms with Gasteiger partial charge >= 0.3 is 6.18 Å². The fourth-order valence-electron chi connectivity index (χ4n) is 2.03. The van der Waals surface area contributed by atoms with E-state index in [0.717, 1.165) is 16.8 Å². The van der Waals surface area contributed by atoms with E-state index in [1.54, 1.807) is 24.3 Å². The van der Waals surface area contributed by atoms with Crippen molar-refractivity contribution in [3.05, 3.63) is 76.3 Å². The molecule has 0 aliphatic carbocycles. The molecule has 1 aromatic heterocycles. The summed E-state index contributed by atoms with van der Waals surface area (Å²) in [7, 11) is 0. The van der Waals surface area contributed by atoms with Crippen LogP contribution in [-0.4, -0.2) is 15.9 Å². The average Bonchev–Trinajstić information content (AvgIpc) is 2.54. The number of alkyl halides is 3. The van der Waals surface area contributed by atoms with Crippen molar-refractivity contribution < 1.29 is 13.2 Å². The molecule has 0 N–H and O–H groups in total. The van der Waals surface area contributed by atoms with Gasteiger partial charge in [-0.25, -0.2) is 4.98 Å². The van der Waals surface area contributed by atoms with E-state index >= 15 is 0 Å². The lowest BCUT2D eigenvalue weighted by atomic mass is 10.1. The third-order valence-electron chi connectivity index (χ3n) is 3.22. The number of hydrogen-bond acceptors (Lipinski definition) is 3. The average molecular weight is 317 g/mol. The molecule has 3 rings (SSSR count). The van der Waals surface area contributed by atoms with Gasteiger partial charge in [0.15, 0.2) is 0 Å². The van der Waals surface area contributed by atoms with E-state index in [2.05, 4.69) is 10.1 Å². The van der Waals surface area contributed by atoms with Crippen LogP contribution in [0.1, 0.15) is 11.1 Å². The number of fused-ring (bicyclic) bond motifs is 1. The molecule has 0 amide bonds. The molecule has 4 nitrogen and oxygen atoms in total. The van der Waals surface area contributed by atoms with Gasteiger partial charge in [-0.05, 0) is 29.8 Å². The first-order valence-electron chi connectivity index (χ1n) is 6.63. The number of benzene rings is 2. The fraction of sp³-hybridized carbons (Fsp3) is 0.0625. The van der Waals surface area contributed by atoms with Gasteiger partial charge < -0.3 is 0 Å². The highest BCUT2D eigenvalue weighted by Gasteiger charge is 2.29. The molecule has 0 aliphatic heterocycles. The van der Waals surface area contributed by atoms with Crippen LogP contribution in [0.15, 0.2) is 64.8 Å². The van der Waals surface area contributed by atoms with E-state index in [1.165, 1.54) is 24.7 Å². The van der Waals surface area contributed by atoms with Crippen molar-refractivity contribution >= 4 is 17.1 Å². The first kappa shape index (κ1) is 15.0. The number of aromatic nitrogens is 2. The van der Waals surface area contributed by atoms with Gasteiger partial charge in [0.2, 0.25) is 0 Å². The number of halogens is 3. The Morgan fingerprint density at radius 3 is 2.43 bits per heavy atom. The summed E-state index contributed by atoms with van der Waals surface area (Å²) in [5.74, 6) is 0. The topological polar surface area (TPSA) is 47.2 Å². The Morgan fingerprint density at radius 2 is 1.74 bits per heavy atom. The highest BCUT2D eigenvalue weighted by Crippen LogP contribution is 2.28. The zero-order chi connectivity index (χ0) is 16.4. The zero-order valence-electron chi connectivity index (χ0n) is 11.7. The molecule has 116 valence electrons. The minimum absolute atomic E-state index is 0.348. The maximum Gasteiger partial charge on any atom is 0.416 e. The number of rotatable bonds is 2. The molecule has 23 heavy (non-hydrogen) atoms. The summed E-state index contributed by atoms with van der Waals surface area (Å²) in [5, 5.41) is 4.37. The molecule has 0 atom stereocenters. The van der Waals surface area contributed by atoms with Gasteiger partial charge in [-0.3, -0.25) is 4.79 Å². The summed E-state index contributed by atoms with van der Waals surface area (Å²) in [5.41, 5.74) is -0.0884. The zero-order valence-corrected chi connectivity index (χ0v) is 11.7. The molecule has 0 bridgehead atoms. The van der Waals surface area contributed by atoms with Gasteiger partial charge in [0.1, 0.15) is 6.33 Å². The molecule has 0 spiro atoms. The van der Waals surface area contributed by atoms with Gasteiger partial charge in [0.25, 0.3) is 5.56 Å². The van der Waals surface area contributed by atoms with Gasteiger partial charge in [0.05, 0.1) is 22.7 Å². The van der Waals surface area contributed by atoms with Crippen molar-refractivity contribution in [3.63, 3.8) is 0 Å². The number of para-hydroxylation sites is 1. The summed E-state index contributed by atoms with van der Waals surface area (Å²) in [6.45, 7) is 0. The lowest BCUT2D eigenvalue weighted by Crippen LogP contribution is -2.17. The predicted molar refractivity (Wildman–Crippen MR) is 80.4 cm³/mol. The van der Waals surface area contributed by atoms with Gasteiger partial charge in [0, 0.05) is 0 Å². The molecule has 1 heterocycles. The molecule has 2 aromatic carbocycles. The predicted octanol–water partition coefficient (Wildman–Crippen LogP) is 3.30. The molecular formula is C16H10F3N3O. The van der Waals surface area contributed by atoms with Crippen LogP contribution in [0, 0.1) is 0 Å². The van der Waals surface area contributed by atoms with Gasteiger partial charge in [-0.1, -0.05) is 24.3 Å². The molecule has 0 fully saturated rings. The Kier molecular flexibility index (Phi) is 3.69. The second kappa shape index (κ2) is 5.68. The monoisotopic (exact) mass is 317 g/mol. The normalized spacial score (nSPS) is 12.1. The minimum Gasteiger partial charge on any atom is -0.267 e. The standard InChI is InChI=1S/C16H10F3N3O/c17-16(18,19)12-7-5-11(6-8-12)9-21-22-10-20-14-4-2-1-3-13(14)15(22)23/h1-10H. The first-order chi connectivity index (χ1) is 10.9. The highest BCUT2D eigenvalue weighted by molar-refractivity contribution is 5.80. The molecule has 0 saturated heterocycles. The van der Waals surface area contributed by atoms with E-state index in [4.69, 9.17) is 0 Å². The van der Waals surface area contributed by atoms with E-state index < -0.39 is 11.7 Å². The largest absolute Gasteiger partial charge is 0.416 e. The van der Waals surface area contributed by atoms with Crippen LogP contribution in [0.3, 0.4) is 0 Å². The van der Waals surface area contributed by atoms with Crippen molar-refractivity contribution in [3.8, 4) is 0 Å². The van der Waals surface area contributed by atoms with Gasteiger partial charge in [-0.2, -0.15) is 22.9 Å². The van der Waals surface area contributed by atoms with Gasteiger partial charge in [-0.15, -0.1) is 0 Å². The molecular weight excluding hydrogens is 307 g/mol. The highest BCUT2D eigenvalue weighted by atomic mass is 19.4. The molecule has 0 saturated carbocycles. The smallest absolute Gasteiger partial charge is 0.267 e. The SMILES string of the molecule is O=c1c2ccccc2ncn1N=Cc1ccc(C(F)(F)F)cc1. The van der Waals surface area contributed by atoms with Crippen LogP contribution in [0.4, 0.5) is 13.2 Å². The van der Waals surface area contributed by atoms with Crippen LogP contribution < -0.4 is 5.56 Å². The third-order valence-corrected chi connectivity index (χ3v) is 3.22. The first-order valence-corrected chi connectivity index (χ1v) is 6.63. The maximum atomic E-state index is 12.5. The second-order valence-corrected chi connectivity index (χ2v) is 4.78. The van der Waals surface area contributed by atoms with E-state index in [-0.39, 0.29) is 5.56 Å². The number of hydrogen-bond donors (Lipinski definition) is 0. The van der Waals surface area contributed by atoms with Crippen molar-refractivity contribution in [1.29, 1.82) is 0 Å². The van der Waals surface area contributed by atoms with E-state index in [0.29, 0.717) is 16.5 Å². The van der Waals surface area contributed by atoms with Crippen molar-refractivity contribution in [2.45, 2.75) is 6.18 Å². The molecule has 3 aromatic rings. The van der Waals surface area contributed by atoms with Crippen LogP contribution in [0.25, 0.3) is 10.9 Å². The lowest BCUT2D eigenvalue weighted by molar-refractivity contribution is -0.137. The maximum absolute atomic E-state index is 12.5. The summed E-state index contributed by atoms with van der Waals surface area (Å²) < 4.78 is 38.5. The molecule has 0 aliphatic rings. The summed E-state index contributed by atoms with van der Waals surface area (Å²) in [6.07, 6.45) is -1.81. The van der Waals surface area contributed by atoms with E-state index in [1.807, 2.05) is 0 Å². The van der Waals surface area contributed by atoms with Crippen LogP contribution >= 0.6 is 0 Å². The Balaban J connectivity index is 1.91. The molecule has 0 radical (unpaired) electrons. The van der Waals surface area contributed by atoms with Crippen molar-refractivity contribution in [1.82, 2.24) is 9.66 Å². The Labute approximate surface area is 128 Å². The van der Waals surface area contributed by atoms with Crippen molar-refractivity contribution in [2.75, 3.05) is 0 Å². The van der Waals surface area contributed by atoms with Crippen LogP contribution in [0.2, 0.25) is 0 Å². The quantitative estimate of drug-likeness (QED) is 0.681. The molecule has 0 unspecified atom stereocenters. The summed E-state index contributed by atoms with van der Waals surface area (Å²) in [4.78, 5) is 16.3. The minimum atomic E-state index is -4.38. The summed E-state index contributed by atoms with van der Waals surface area (Å²) in [6, 6.07) is 11.3. The summed E-state index contributed by atoms with van der Waals surface area (Å²) >= 11 is 0. The number of nitrogens with zero attached hydrogens (tertiary/aromatic N) is 3. The van der Waals surface area contributed by atoms with Crippen molar-refractivity contribution in [2.24, 2.45) is 5.10 Å². The Hall–Kier alpha value is -2.96. The molecule has 7 heteroatoms. The lowest BCUT2D eigenvalue weighted by Gasteiger charge is -2.05. The van der Waals surface area contributed by atoms with Crippen LogP contribution in [0.5, 0.6) is 0 Å². The third kappa shape index (κ3) is 3.13. The second-order valence-electron chi connectivity index (χ2n) is 4.78. The fourth-order valence-corrected chi connectivity index (χ4v) is 2.03. The Bertz CT molecular complexity index is 928. The van der Waals surface area contributed by atoms with Crippen LogP contribution in [-0.2, 0) is 6.18 Å².